The predicted octanol–water partition coefficient (Wildman–Crippen LogP) is 1.59. The first kappa shape index (κ1) is 16.8. The second-order valence-corrected chi connectivity index (χ2v) is 5.62. The third kappa shape index (κ3) is 3.14. The maximum absolute atomic E-state index is 12.6. The molecule has 0 aliphatic carbocycles. The van der Waals surface area contributed by atoms with Crippen LogP contribution in [0.3, 0.4) is 0 Å². The smallest absolute Gasteiger partial charge is 0.275 e. The van der Waals surface area contributed by atoms with Crippen molar-refractivity contribution in [1.29, 1.82) is 0 Å². The molecule has 1 heterocycles. The molecule has 6 nitrogen and oxygen atoms in total. The molecule has 0 aromatic heterocycles. The Morgan fingerprint density at radius 2 is 1.65 bits per heavy atom. The zero-order valence-corrected chi connectivity index (χ0v) is 13.9. The lowest BCUT2D eigenvalue weighted by atomic mass is 10.1. The highest BCUT2D eigenvalue weighted by Gasteiger charge is 2.40. The Morgan fingerprint density at radius 3 is 2.09 bits per heavy atom. The van der Waals surface area contributed by atoms with Crippen molar-refractivity contribution < 1.29 is 14.4 Å². The zero-order valence-electron chi connectivity index (χ0n) is 13.1. The van der Waals surface area contributed by atoms with E-state index in [1.165, 1.54) is 0 Å². The maximum Gasteiger partial charge on any atom is 0.275 e. The second kappa shape index (κ2) is 6.70. The van der Waals surface area contributed by atoms with Crippen molar-refractivity contribution >= 4 is 34.9 Å². The molecule has 0 fully saturated rings. The topological polar surface area (TPSA) is 78.5 Å². The minimum atomic E-state index is -0.592. The lowest BCUT2D eigenvalue weighted by Crippen LogP contribution is -2.41. The lowest BCUT2D eigenvalue weighted by Gasteiger charge is -2.20. The number of amides is 3. The highest BCUT2D eigenvalue weighted by atomic mass is 32.1. The number of hydrogen-bond acceptors (Lipinski definition) is 5. The minimum absolute atomic E-state index is 0.0396. The first-order valence-electron chi connectivity index (χ1n) is 7.13. The number of imide groups is 1. The molecule has 2 rings (SSSR count). The van der Waals surface area contributed by atoms with Gasteiger partial charge in [0.15, 0.2) is 0 Å². The van der Waals surface area contributed by atoms with E-state index in [2.05, 4.69) is 10.6 Å². The Labute approximate surface area is 139 Å². The van der Waals surface area contributed by atoms with Gasteiger partial charge in [-0.2, -0.15) is 0 Å². The van der Waals surface area contributed by atoms with Gasteiger partial charge in [0, 0.05) is 12.2 Å². The van der Waals surface area contributed by atoms with Gasteiger partial charge in [0.1, 0.15) is 5.70 Å². The van der Waals surface area contributed by atoms with Crippen LogP contribution in [0.2, 0.25) is 0 Å². The number of thiocarbonyl (C=S) groups is 1. The summed E-state index contributed by atoms with van der Waals surface area (Å²) in [5.41, 5.74) is 0.954. The number of nitrogens with one attached hydrogen (secondary N) is 2. The van der Waals surface area contributed by atoms with Gasteiger partial charge in [-0.3, -0.25) is 14.4 Å². The van der Waals surface area contributed by atoms with Gasteiger partial charge in [0.05, 0.1) is 16.1 Å². The molecule has 23 heavy (non-hydrogen) atoms. The molecule has 0 unspecified atom stereocenters. The fourth-order valence-corrected chi connectivity index (χ4v) is 2.49. The average molecular weight is 331 g/mol. The Kier molecular flexibility index (Phi) is 4.90. The molecule has 3 amide bonds. The molecule has 120 valence electrons. The van der Waals surface area contributed by atoms with Crippen LogP contribution in [0.4, 0.5) is 0 Å². The zero-order chi connectivity index (χ0) is 17.1. The number of nitrogens with zero attached hydrogens (tertiary/aromatic N) is 1. The van der Waals surface area contributed by atoms with Crippen LogP contribution in [0, 0.1) is 0 Å². The summed E-state index contributed by atoms with van der Waals surface area (Å²) in [5.74, 6) is -1.63. The van der Waals surface area contributed by atoms with E-state index in [9.17, 15) is 14.4 Å². The minimum Gasteiger partial charge on any atom is -0.387 e. The van der Waals surface area contributed by atoms with Crippen LogP contribution < -0.4 is 10.6 Å². The van der Waals surface area contributed by atoms with Gasteiger partial charge >= 0.3 is 0 Å². The number of allylic oxidation sites excluding steroid dienone is 1. The fraction of sp³-hybridized carbons (Fsp3) is 0.250. The quantitative estimate of drug-likeness (QED) is 0.498. The van der Waals surface area contributed by atoms with Crippen molar-refractivity contribution in [2.45, 2.75) is 20.8 Å². The molecule has 1 aromatic rings. The summed E-state index contributed by atoms with van der Waals surface area (Å²) in [6.45, 7) is 5.59. The molecular weight excluding hydrogens is 314 g/mol. The molecule has 1 aliphatic rings. The maximum atomic E-state index is 12.6. The van der Waals surface area contributed by atoms with Crippen LogP contribution in [-0.4, -0.2) is 34.2 Å². The summed E-state index contributed by atoms with van der Waals surface area (Å²) in [5, 5.41) is 5.45. The van der Waals surface area contributed by atoms with Crippen LogP contribution >= 0.6 is 12.2 Å². The van der Waals surface area contributed by atoms with E-state index in [-0.39, 0.29) is 21.8 Å². The molecule has 7 heteroatoms. The molecule has 0 bridgehead atoms. The number of fused-ring (bicyclic) bond motifs is 1. The monoisotopic (exact) mass is 331 g/mol. The molecule has 0 spiro atoms. The fourth-order valence-electron chi connectivity index (χ4n) is 2.40. The van der Waals surface area contributed by atoms with E-state index < -0.39 is 17.7 Å². The van der Waals surface area contributed by atoms with Crippen LogP contribution in [0.15, 0.2) is 35.7 Å². The molecule has 1 aliphatic heterocycles. The standard InChI is InChI=1S/C16H17N3O3S/c1-4-17-9(2)13(14(20)18-10(3)23)19-15(21)11-7-5-6-8-12(11)16(19)22/h5-8,17H,4H2,1-3H3,(H,18,20,23)/b13-9+. The predicted molar refractivity (Wildman–Crippen MR) is 89.7 cm³/mol. The summed E-state index contributed by atoms with van der Waals surface area (Å²) in [6.07, 6.45) is 0. The largest absolute Gasteiger partial charge is 0.387 e. The summed E-state index contributed by atoms with van der Waals surface area (Å²) in [7, 11) is 0. The number of carbonyl (C=O) groups is 3. The Morgan fingerprint density at radius 1 is 1.13 bits per heavy atom. The molecule has 2 N–H and O–H groups in total. The van der Waals surface area contributed by atoms with Crippen LogP contribution in [0.1, 0.15) is 41.5 Å². The molecular formula is C16H17N3O3S. The molecule has 0 saturated heterocycles. The highest BCUT2D eigenvalue weighted by molar-refractivity contribution is 7.80. The molecule has 0 radical (unpaired) electrons. The summed E-state index contributed by atoms with van der Waals surface area (Å²) in [6, 6.07) is 6.49. The molecule has 0 saturated carbocycles. The van der Waals surface area contributed by atoms with E-state index in [0.717, 1.165) is 4.90 Å². The van der Waals surface area contributed by atoms with Gasteiger partial charge in [-0.05, 0) is 32.9 Å². The van der Waals surface area contributed by atoms with Gasteiger partial charge in [-0.1, -0.05) is 24.4 Å². The first-order valence-corrected chi connectivity index (χ1v) is 7.53. The van der Waals surface area contributed by atoms with E-state index in [1.54, 1.807) is 38.1 Å². The number of benzene rings is 1. The van der Waals surface area contributed by atoms with Gasteiger partial charge in [0.2, 0.25) is 0 Å². The van der Waals surface area contributed by atoms with E-state index in [1.807, 2.05) is 6.92 Å². The van der Waals surface area contributed by atoms with Crippen molar-refractivity contribution in [3.8, 4) is 0 Å². The number of hydrogen-bond donors (Lipinski definition) is 2. The third-order valence-electron chi connectivity index (χ3n) is 3.32. The summed E-state index contributed by atoms with van der Waals surface area (Å²) < 4.78 is 0. The van der Waals surface area contributed by atoms with Crippen molar-refractivity contribution in [2.24, 2.45) is 0 Å². The van der Waals surface area contributed by atoms with Gasteiger partial charge < -0.3 is 10.6 Å². The van der Waals surface area contributed by atoms with Crippen LogP contribution in [-0.2, 0) is 4.79 Å². The highest BCUT2D eigenvalue weighted by Crippen LogP contribution is 2.27. The van der Waals surface area contributed by atoms with E-state index in [0.29, 0.717) is 12.2 Å². The number of carbonyl (C=O) groups excluding carboxylic acids is 3. The average Bonchev–Trinajstić information content (AvgIpc) is 2.73. The Bertz CT molecular complexity index is 705. The normalized spacial score (nSPS) is 14.3. The van der Waals surface area contributed by atoms with Crippen LogP contribution in [0.25, 0.3) is 0 Å². The van der Waals surface area contributed by atoms with Crippen molar-refractivity contribution in [3.05, 3.63) is 46.8 Å². The van der Waals surface area contributed by atoms with Crippen molar-refractivity contribution in [3.63, 3.8) is 0 Å². The Balaban J connectivity index is 2.52. The number of rotatable bonds is 4. The van der Waals surface area contributed by atoms with E-state index >= 15 is 0 Å². The van der Waals surface area contributed by atoms with E-state index in [4.69, 9.17) is 12.2 Å². The van der Waals surface area contributed by atoms with Crippen LogP contribution in [0.5, 0.6) is 0 Å². The second-order valence-electron chi connectivity index (χ2n) is 5.01. The Hall–Kier alpha value is -2.54. The molecule has 0 atom stereocenters. The summed E-state index contributed by atoms with van der Waals surface area (Å²) >= 11 is 4.88. The lowest BCUT2D eigenvalue weighted by molar-refractivity contribution is -0.117. The van der Waals surface area contributed by atoms with Gasteiger partial charge in [0.25, 0.3) is 17.7 Å². The third-order valence-corrected chi connectivity index (χ3v) is 3.42. The SMILES string of the molecule is CCN/C(C)=C(\C(=O)NC(C)=S)N1C(=O)c2ccccc2C1=O. The van der Waals surface area contributed by atoms with Gasteiger partial charge in [-0.15, -0.1) is 0 Å². The van der Waals surface area contributed by atoms with Crippen molar-refractivity contribution in [1.82, 2.24) is 15.5 Å². The summed E-state index contributed by atoms with van der Waals surface area (Å²) in [4.78, 5) is 38.8. The van der Waals surface area contributed by atoms with Gasteiger partial charge in [-0.25, -0.2) is 4.90 Å². The molecule has 1 aromatic carbocycles. The first-order chi connectivity index (χ1) is 10.9. The van der Waals surface area contributed by atoms with Crippen molar-refractivity contribution in [2.75, 3.05) is 6.54 Å².